The summed E-state index contributed by atoms with van der Waals surface area (Å²) in [5.74, 6) is 0. The van der Waals surface area contributed by atoms with Gasteiger partial charge in [0.25, 0.3) is 5.69 Å². The van der Waals surface area contributed by atoms with E-state index in [4.69, 9.17) is 11.6 Å². The van der Waals surface area contributed by atoms with Gasteiger partial charge >= 0.3 is 0 Å². The van der Waals surface area contributed by atoms with Crippen LogP contribution in [0.25, 0.3) is 0 Å². The molecular formula is C12H15ClN2O3. The summed E-state index contributed by atoms with van der Waals surface area (Å²) in [7, 11) is 0. The van der Waals surface area contributed by atoms with Gasteiger partial charge in [-0.2, -0.15) is 0 Å². The molecule has 18 heavy (non-hydrogen) atoms. The number of rotatable bonds is 3. The molecule has 0 spiro atoms. The lowest BCUT2D eigenvalue weighted by Gasteiger charge is -2.29. The second kappa shape index (κ2) is 5.65. The minimum atomic E-state index is -0.415. The summed E-state index contributed by atoms with van der Waals surface area (Å²) >= 11 is 5.77. The Balaban J connectivity index is 2.15. The van der Waals surface area contributed by atoms with Gasteiger partial charge in [0.1, 0.15) is 0 Å². The van der Waals surface area contributed by atoms with E-state index in [1.807, 2.05) is 4.90 Å². The van der Waals surface area contributed by atoms with Crippen LogP contribution in [0.5, 0.6) is 0 Å². The summed E-state index contributed by atoms with van der Waals surface area (Å²) in [5, 5.41) is 20.9. The molecule has 0 saturated carbocycles. The van der Waals surface area contributed by atoms with Gasteiger partial charge in [-0.1, -0.05) is 11.6 Å². The van der Waals surface area contributed by atoms with Crippen molar-refractivity contribution >= 4 is 17.3 Å². The number of piperidine rings is 1. The fourth-order valence-electron chi connectivity index (χ4n) is 2.26. The van der Waals surface area contributed by atoms with Crippen molar-refractivity contribution in [3.8, 4) is 0 Å². The topological polar surface area (TPSA) is 66.6 Å². The average Bonchev–Trinajstić information content (AvgIpc) is 2.31. The number of β-amino-alcohol motifs (C(OH)–C–C–N with tert-alkyl or cyclic N) is 1. The van der Waals surface area contributed by atoms with Crippen LogP contribution in [0.3, 0.4) is 0 Å². The zero-order valence-electron chi connectivity index (χ0n) is 9.88. The molecule has 2 rings (SSSR count). The summed E-state index contributed by atoms with van der Waals surface area (Å²) in [6.07, 6.45) is 1.40. The van der Waals surface area contributed by atoms with Gasteiger partial charge in [0.05, 0.1) is 11.0 Å². The number of nitro benzene ring substituents is 1. The van der Waals surface area contributed by atoms with E-state index in [1.165, 1.54) is 6.07 Å². The normalized spacial score (nSPS) is 20.9. The molecule has 1 unspecified atom stereocenters. The standard InChI is InChI=1S/C12H15ClN2O3/c13-10-4-3-9(12(6-10)15(17)18)7-14-5-1-2-11(16)8-14/h3-4,6,11,16H,1-2,5,7-8H2. The third kappa shape index (κ3) is 3.19. The van der Waals surface area contributed by atoms with Crippen molar-refractivity contribution < 1.29 is 10.0 Å². The van der Waals surface area contributed by atoms with Gasteiger partial charge < -0.3 is 5.11 Å². The Labute approximate surface area is 110 Å². The number of aliphatic hydroxyl groups is 1. The van der Waals surface area contributed by atoms with E-state index in [0.29, 0.717) is 23.7 Å². The molecule has 1 N–H and O–H groups in total. The summed E-state index contributed by atoms with van der Waals surface area (Å²) < 4.78 is 0. The van der Waals surface area contributed by atoms with E-state index in [-0.39, 0.29) is 11.8 Å². The number of halogens is 1. The number of aliphatic hydroxyl groups excluding tert-OH is 1. The van der Waals surface area contributed by atoms with Crippen LogP contribution in [0.2, 0.25) is 5.02 Å². The lowest BCUT2D eigenvalue weighted by molar-refractivity contribution is -0.385. The van der Waals surface area contributed by atoms with Gasteiger partial charge in [0.2, 0.25) is 0 Å². The van der Waals surface area contributed by atoms with E-state index in [0.717, 1.165) is 19.4 Å². The molecule has 0 aromatic heterocycles. The maximum absolute atomic E-state index is 11.0. The van der Waals surface area contributed by atoms with E-state index in [9.17, 15) is 15.2 Å². The van der Waals surface area contributed by atoms with Gasteiger partial charge in [-0.3, -0.25) is 15.0 Å². The Morgan fingerprint density at radius 3 is 3.00 bits per heavy atom. The average molecular weight is 271 g/mol. The van der Waals surface area contributed by atoms with Gasteiger partial charge in [0, 0.05) is 29.7 Å². The monoisotopic (exact) mass is 270 g/mol. The maximum Gasteiger partial charge on any atom is 0.275 e. The van der Waals surface area contributed by atoms with Crippen LogP contribution in [0.4, 0.5) is 5.69 Å². The zero-order chi connectivity index (χ0) is 13.1. The van der Waals surface area contributed by atoms with Gasteiger partial charge in [0.15, 0.2) is 0 Å². The largest absolute Gasteiger partial charge is 0.392 e. The second-order valence-corrected chi connectivity index (χ2v) is 5.00. The SMILES string of the molecule is O=[N+]([O-])c1cc(Cl)ccc1CN1CCCC(O)C1. The van der Waals surface area contributed by atoms with E-state index in [1.54, 1.807) is 12.1 Å². The Kier molecular flexibility index (Phi) is 4.16. The zero-order valence-corrected chi connectivity index (χ0v) is 10.6. The fourth-order valence-corrected chi connectivity index (χ4v) is 2.42. The highest BCUT2D eigenvalue weighted by molar-refractivity contribution is 6.30. The van der Waals surface area contributed by atoms with Crippen LogP contribution in [0.15, 0.2) is 18.2 Å². The number of nitrogens with zero attached hydrogens (tertiary/aromatic N) is 2. The molecule has 0 radical (unpaired) electrons. The van der Waals surface area contributed by atoms with Crippen LogP contribution < -0.4 is 0 Å². The number of hydrogen-bond donors (Lipinski definition) is 1. The van der Waals surface area contributed by atoms with Crippen LogP contribution >= 0.6 is 11.6 Å². The second-order valence-electron chi connectivity index (χ2n) is 4.56. The van der Waals surface area contributed by atoms with Gasteiger partial charge in [-0.15, -0.1) is 0 Å². The van der Waals surface area contributed by atoms with Crippen molar-refractivity contribution in [2.45, 2.75) is 25.5 Å². The summed E-state index contributed by atoms with van der Waals surface area (Å²) in [6, 6.07) is 4.71. The number of benzene rings is 1. The third-order valence-corrected chi connectivity index (χ3v) is 3.35. The van der Waals surface area contributed by atoms with Crippen LogP contribution in [-0.2, 0) is 6.54 Å². The highest BCUT2D eigenvalue weighted by Gasteiger charge is 2.21. The summed E-state index contributed by atoms with van der Waals surface area (Å²) in [4.78, 5) is 12.6. The molecule has 0 amide bonds. The molecule has 5 nitrogen and oxygen atoms in total. The van der Waals surface area contributed by atoms with E-state index >= 15 is 0 Å². The van der Waals surface area contributed by atoms with E-state index in [2.05, 4.69) is 0 Å². The quantitative estimate of drug-likeness (QED) is 0.675. The Bertz CT molecular complexity index is 453. The maximum atomic E-state index is 11.0. The predicted octanol–water partition coefficient (Wildman–Crippen LogP) is 2.20. The Morgan fingerprint density at radius 2 is 2.33 bits per heavy atom. The molecule has 1 heterocycles. The van der Waals surface area contributed by atoms with Crippen molar-refractivity contribution in [2.24, 2.45) is 0 Å². The molecular weight excluding hydrogens is 256 g/mol. The van der Waals surface area contributed by atoms with Crippen molar-refractivity contribution in [1.82, 2.24) is 4.90 Å². The lowest BCUT2D eigenvalue weighted by Crippen LogP contribution is -2.37. The molecule has 1 aliphatic rings. The van der Waals surface area contributed by atoms with Crippen molar-refractivity contribution in [1.29, 1.82) is 0 Å². The molecule has 1 atom stereocenters. The van der Waals surface area contributed by atoms with Gasteiger partial charge in [-0.25, -0.2) is 0 Å². The van der Waals surface area contributed by atoms with Crippen molar-refractivity contribution in [2.75, 3.05) is 13.1 Å². The molecule has 0 bridgehead atoms. The first-order valence-corrected chi connectivity index (χ1v) is 6.27. The van der Waals surface area contributed by atoms with Crippen molar-refractivity contribution in [3.63, 3.8) is 0 Å². The predicted molar refractivity (Wildman–Crippen MR) is 68.6 cm³/mol. The molecule has 1 aromatic carbocycles. The smallest absolute Gasteiger partial charge is 0.275 e. The first-order chi connectivity index (χ1) is 8.56. The lowest BCUT2D eigenvalue weighted by atomic mass is 10.1. The van der Waals surface area contributed by atoms with Crippen LogP contribution in [0, 0.1) is 10.1 Å². The first kappa shape index (κ1) is 13.3. The molecule has 0 aliphatic carbocycles. The highest BCUT2D eigenvalue weighted by atomic mass is 35.5. The van der Waals surface area contributed by atoms with Crippen molar-refractivity contribution in [3.05, 3.63) is 38.9 Å². The molecule has 1 aliphatic heterocycles. The summed E-state index contributed by atoms with van der Waals surface area (Å²) in [6.45, 7) is 1.90. The molecule has 98 valence electrons. The van der Waals surface area contributed by atoms with Crippen LogP contribution in [-0.4, -0.2) is 34.1 Å². The number of hydrogen-bond acceptors (Lipinski definition) is 4. The molecule has 1 saturated heterocycles. The molecule has 1 fully saturated rings. The van der Waals surface area contributed by atoms with E-state index < -0.39 is 4.92 Å². The third-order valence-electron chi connectivity index (χ3n) is 3.12. The van der Waals surface area contributed by atoms with Crippen LogP contribution in [0.1, 0.15) is 18.4 Å². The molecule has 6 heteroatoms. The first-order valence-electron chi connectivity index (χ1n) is 5.89. The molecule has 1 aromatic rings. The number of likely N-dealkylation sites (tertiary alicyclic amines) is 1. The Hall–Kier alpha value is -1.17. The minimum absolute atomic E-state index is 0.0440. The minimum Gasteiger partial charge on any atom is -0.392 e. The Morgan fingerprint density at radius 1 is 1.56 bits per heavy atom. The highest BCUT2D eigenvalue weighted by Crippen LogP contribution is 2.25. The summed E-state index contributed by atoms with van der Waals surface area (Å²) in [5.41, 5.74) is 0.682. The number of nitro groups is 1. The fraction of sp³-hybridized carbons (Fsp3) is 0.500. The van der Waals surface area contributed by atoms with Gasteiger partial charge in [-0.05, 0) is 31.5 Å².